The summed E-state index contributed by atoms with van der Waals surface area (Å²) in [5.41, 5.74) is 4.05. The van der Waals surface area contributed by atoms with Crippen molar-refractivity contribution in [3.05, 3.63) is 107 Å². The number of amides is 4. The van der Waals surface area contributed by atoms with Crippen molar-refractivity contribution in [2.75, 3.05) is 59.7 Å². The second-order valence-electron chi connectivity index (χ2n) is 19.2. The molecule has 1 aliphatic carbocycles. The fourth-order valence-electron chi connectivity index (χ4n) is 11.1. The Bertz CT molecular complexity index is 2810. The van der Waals surface area contributed by atoms with Gasteiger partial charge in [-0.1, -0.05) is 12.1 Å². The molecule has 1 spiro atoms. The van der Waals surface area contributed by atoms with Crippen molar-refractivity contribution in [1.29, 1.82) is 0 Å². The lowest BCUT2D eigenvalue weighted by molar-refractivity contribution is -0.151. The highest BCUT2D eigenvalue weighted by Gasteiger charge is 2.54. The molecule has 4 N–H and O–H groups in total. The van der Waals surface area contributed by atoms with E-state index in [0.717, 1.165) is 49.4 Å². The molecular weight excluding hydrogens is 881 g/mol. The molecule has 2 aromatic heterocycles. The molecular formula is C49H49F2N9O6S. The molecule has 6 aliphatic rings. The van der Waals surface area contributed by atoms with E-state index in [1.165, 1.54) is 23.5 Å². The SMILES string of the molecule is O=C1CC[C@H](Nc2ccc(N3CCC(O)(CC(=O)N4CC5(C4)CN(c4ccc(-c6cc(F)c7c(c6)C(=O)C(C(C(=O)Nc6nccs6)c6ncn8c6CCC8)C7)cc4)C5)CC3)c(F)c2)C(=O)N1. The summed E-state index contributed by atoms with van der Waals surface area (Å²) < 4.78 is 33.3. The van der Waals surface area contributed by atoms with Crippen molar-refractivity contribution >= 4 is 62.9 Å². The Morgan fingerprint density at radius 2 is 1.70 bits per heavy atom. The predicted molar refractivity (Wildman–Crippen MR) is 246 cm³/mol. The van der Waals surface area contributed by atoms with E-state index in [1.807, 2.05) is 38.6 Å². The maximum atomic E-state index is 16.0. The molecule has 4 amide bonds. The number of benzene rings is 3. The zero-order valence-electron chi connectivity index (χ0n) is 36.6. The molecule has 15 nitrogen and oxygen atoms in total. The van der Waals surface area contributed by atoms with Crippen LogP contribution in [0.4, 0.5) is 31.0 Å². The van der Waals surface area contributed by atoms with Crippen molar-refractivity contribution < 1.29 is 37.9 Å². The van der Waals surface area contributed by atoms with Crippen molar-refractivity contribution in [2.45, 2.75) is 75.5 Å². The lowest BCUT2D eigenvalue weighted by Crippen LogP contribution is -2.73. The van der Waals surface area contributed by atoms with Crippen LogP contribution in [0.2, 0.25) is 0 Å². The van der Waals surface area contributed by atoms with Gasteiger partial charge in [-0.2, -0.15) is 0 Å². The lowest BCUT2D eigenvalue weighted by atomic mass is 9.72. The fourth-order valence-corrected chi connectivity index (χ4v) is 11.6. The molecule has 4 saturated heterocycles. The van der Waals surface area contributed by atoms with Gasteiger partial charge in [-0.25, -0.2) is 18.7 Å². The van der Waals surface area contributed by atoms with E-state index in [9.17, 15) is 29.1 Å². The van der Waals surface area contributed by atoms with E-state index in [4.69, 9.17) is 0 Å². The van der Waals surface area contributed by atoms with Gasteiger partial charge in [-0.3, -0.25) is 29.3 Å². The minimum atomic E-state index is -1.19. The average Bonchev–Trinajstić information content (AvgIpc) is 4.10. The number of Topliss-reactive ketones (excluding diaryl/α,β-unsaturated/α-hetero) is 1. The number of imide groups is 1. The number of aliphatic hydroxyl groups is 1. The highest BCUT2D eigenvalue weighted by Crippen LogP contribution is 2.45. The van der Waals surface area contributed by atoms with Crippen LogP contribution in [-0.2, 0) is 38.6 Å². The molecule has 3 aromatic carbocycles. The normalized spacial score (nSPS) is 21.9. The van der Waals surface area contributed by atoms with Gasteiger partial charge in [0.2, 0.25) is 23.6 Å². The van der Waals surface area contributed by atoms with Gasteiger partial charge < -0.3 is 35.0 Å². The fraction of sp³-hybridized carbons (Fsp3) is 0.408. The molecule has 18 heteroatoms. The number of halogens is 2. The first-order chi connectivity index (χ1) is 32.3. The van der Waals surface area contributed by atoms with Gasteiger partial charge in [0.15, 0.2) is 10.9 Å². The third-order valence-electron chi connectivity index (χ3n) is 14.7. The lowest BCUT2D eigenvalue weighted by Gasteiger charge is -2.61. The van der Waals surface area contributed by atoms with Gasteiger partial charge in [0.1, 0.15) is 17.7 Å². The number of nitrogens with one attached hydrogen (secondary N) is 3. The Hall–Kier alpha value is -6.53. The smallest absolute Gasteiger partial charge is 0.249 e. The summed E-state index contributed by atoms with van der Waals surface area (Å²) in [7, 11) is 0. The van der Waals surface area contributed by atoms with Crippen LogP contribution in [0.1, 0.15) is 71.8 Å². The van der Waals surface area contributed by atoms with Crippen LogP contribution in [0.25, 0.3) is 11.1 Å². The van der Waals surface area contributed by atoms with Gasteiger partial charge in [0, 0.05) is 97.8 Å². The molecule has 346 valence electrons. The Balaban J connectivity index is 0.675. The number of ketones is 1. The first-order valence-corrected chi connectivity index (χ1v) is 23.8. The first kappa shape index (κ1) is 43.1. The van der Waals surface area contributed by atoms with E-state index in [2.05, 4.69) is 30.8 Å². The minimum absolute atomic E-state index is 0.00443. The van der Waals surface area contributed by atoms with E-state index < -0.39 is 41.0 Å². The summed E-state index contributed by atoms with van der Waals surface area (Å²) in [5.74, 6) is -4.16. The molecule has 0 saturated carbocycles. The van der Waals surface area contributed by atoms with E-state index in [1.54, 1.807) is 36.1 Å². The second-order valence-corrected chi connectivity index (χ2v) is 20.1. The maximum Gasteiger partial charge on any atom is 0.249 e. The van der Waals surface area contributed by atoms with Crippen molar-refractivity contribution in [2.24, 2.45) is 11.3 Å². The molecule has 67 heavy (non-hydrogen) atoms. The highest BCUT2D eigenvalue weighted by atomic mass is 32.1. The highest BCUT2D eigenvalue weighted by molar-refractivity contribution is 7.13. The summed E-state index contributed by atoms with van der Waals surface area (Å²) in [4.78, 5) is 79.8. The number of rotatable bonds is 11. The van der Waals surface area contributed by atoms with Crippen LogP contribution in [0.5, 0.6) is 0 Å². The number of hydrogen-bond donors (Lipinski definition) is 4. The van der Waals surface area contributed by atoms with Gasteiger partial charge in [0.05, 0.1) is 35.6 Å². The van der Waals surface area contributed by atoms with E-state index in [-0.39, 0.29) is 48.2 Å². The van der Waals surface area contributed by atoms with Crippen LogP contribution in [0.15, 0.2) is 72.5 Å². The quantitative estimate of drug-likeness (QED) is 0.126. The number of aromatic nitrogens is 3. The summed E-state index contributed by atoms with van der Waals surface area (Å²) in [5, 5.41) is 21.8. The topological polar surface area (TPSA) is 182 Å². The van der Waals surface area contributed by atoms with E-state index in [0.29, 0.717) is 84.3 Å². The Morgan fingerprint density at radius 1 is 0.910 bits per heavy atom. The number of aryl methyl sites for hydroxylation is 1. The number of anilines is 4. The molecule has 3 atom stereocenters. The summed E-state index contributed by atoms with van der Waals surface area (Å²) in [6, 6.07) is 15.1. The molecule has 5 aromatic rings. The zero-order valence-corrected chi connectivity index (χ0v) is 37.4. The molecule has 2 unspecified atom stereocenters. The molecule has 11 rings (SSSR count). The maximum absolute atomic E-state index is 16.0. The number of fused-ring (bicyclic) bond motifs is 2. The first-order valence-electron chi connectivity index (χ1n) is 22.9. The molecule has 0 radical (unpaired) electrons. The zero-order chi connectivity index (χ0) is 46.2. The number of carbonyl (C=O) groups excluding carboxylic acids is 5. The number of carbonyl (C=O) groups is 5. The number of piperidine rings is 2. The van der Waals surface area contributed by atoms with Crippen LogP contribution in [0, 0.1) is 23.0 Å². The monoisotopic (exact) mass is 929 g/mol. The second kappa shape index (κ2) is 16.7. The summed E-state index contributed by atoms with van der Waals surface area (Å²) >= 11 is 1.29. The van der Waals surface area contributed by atoms with Crippen molar-refractivity contribution in [1.82, 2.24) is 24.8 Å². The standard InChI is InChI=1S/C49H49F2N9O6S/c50-35-19-29(18-33-32(35)21-34(44(33)63)42(46(65)56-47-52-13-17-67-47)43-39-2-1-14-58(39)27-53-43)28-3-6-31(7-4-28)59-23-48(24-59)25-60(26-48)41(62)22-49(66)11-15-57(16-12-49)38-9-5-30(20-36(38)51)54-37-8-10-40(61)55-45(37)64/h3-7,9,13,17-20,27,34,37,42,54,66H,1-2,8,10-12,14-16,21-26H2,(H,52,56,65)(H,55,61,64)/t34?,37-,42?/m0/s1. The Kier molecular flexibility index (Phi) is 10.7. The van der Waals surface area contributed by atoms with Crippen LogP contribution >= 0.6 is 11.3 Å². The largest absolute Gasteiger partial charge is 0.389 e. The van der Waals surface area contributed by atoms with E-state index >= 15 is 8.78 Å². The van der Waals surface area contributed by atoms with Gasteiger partial charge in [0.25, 0.3) is 0 Å². The Morgan fingerprint density at radius 3 is 2.43 bits per heavy atom. The number of nitrogens with zero attached hydrogens (tertiary/aromatic N) is 6. The number of imidazole rings is 1. The number of likely N-dealkylation sites (tertiary alicyclic amines) is 1. The van der Waals surface area contributed by atoms with Crippen molar-refractivity contribution in [3.8, 4) is 11.1 Å². The van der Waals surface area contributed by atoms with Gasteiger partial charge in [-0.15, -0.1) is 11.3 Å². The molecule has 0 bridgehead atoms. The Labute approximate surface area is 388 Å². The molecule has 4 fully saturated rings. The number of thiazole rings is 1. The molecule has 7 heterocycles. The molecule has 5 aliphatic heterocycles. The summed E-state index contributed by atoms with van der Waals surface area (Å²) in [6.45, 7) is 4.30. The number of hydrogen-bond acceptors (Lipinski definition) is 12. The van der Waals surface area contributed by atoms with Crippen LogP contribution in [-0.4, -0.2) is 105 Å². The van der Waals surface area contributed by atoms with Gasteiger partial charge >= 0.3 is 0 Å². The average molecular weight is 930 g/mol. The van der Waals surface area contributed by atoms with Crippen LogP contribution in [0.3, 0.4) is 0 Å². The van der Waals surface area contributed by atoms with Gasteiger partial charge in [-0.05, 0) is 97.7 Å². The van der Waals surface area contributed by atoms with Crippen molar-refractivity contribution in [3.63, 3.8) is 0 Å². The predicted octanol–water partition coefficient (Wildman–Crippen LogP) is 5.30. The minimum Gasteiger partial charge on any atom is -0.389 e. The third-order valence-corrected chi connectivity index (χ3v) is 15.4. The third kappa shape index (κ3) is 8.02. The summed E-state index contributed by atoms with van der Waals surface area (Å²) in [6.07, 6.45) is 6.27. The van der Waals surface area contributed by atoms with Crippen LogP contribution < -0.4 is 25.8 Å².